The fraction of sp³-hybridized carbons (Fsp3) is 0.889. The third-order valence-corrected chi connectivity index (χ3v) is 3.38. The van der Waals surface area contributed by atoms with Crippen LogP contribution < -0.4 is 5.32 Å². The molecule has 0 aliphatic carbocycles. The molecule has 2 rings (SSSR count). The number of nitrogens with zero attached hydrogens (tertiary/aromatic N) is 2. The van der Waals surface area contributed by atoms with Crippen molar-refractivity contribution in [2.75, 3.05) is 37.7 Å². The Morgan fingerprint density at radius 1 is 1.23 bits per heavy atom. The number of thioether (sulfide) groups is 1. The lowest BCUT2D eigenvalue weighted by Gasteiger charge is -2.29. The zero-order chi connectivity index (χ0) is 8.93. The molecule has 0 radical (unpaired) electrons. The lowest BCUT2D eigenvalue weighted by atomic mass is 10.3. The van der Waals surface area contributed by atoms with Crippen molar-refractivity contribution in [1.82, 2.24) is 10.2 Å². The van der Waals surface area contributed by atoms with E-state index in [1.807, 2.05) is 11.8 Å². The second-order valence-electron chi connectivity index (χ2n) is 3.44. The van der Waals surface area contributed by atoms with E-state index in [2.05, 4.69) is 15.2 Å². The maximum atomic E-state index is 4.57. The standard InChI is InChI=1S/C9H17N3S/c1-2-4-11-9(10-3-1)12-5-7-13-8-6-12/h1-8H2,(H,10,11). The number of hydrogen-bond acceptors (Lipinski definition) is 4. The summed E-state index contributed by atoms with van der Waals surface area (Å²) in [7, 11) is 0. The van der Waals surface area contributed by atoms with E-state index < -0.39 is 0 Å². The third-order valence-electron chi connectivity index (χ3n) is 2.44. The maximum Gasteiger partial charge on any atom is 0.193 e. The van der Waals surface area contributed by atoms with Crippen LogP contribution >= 0.6 is 11.8 Å². The molecule has 4 heteroatoms. The molecule has 0 amide bonds. The molecule has 0 atom stereocenters. The topological polar surface area (TPSA) is 27.6 Å². The van der Waals surface area contributed by atoms with Crippen LogP contribution in [-0.4, -0.2) is 48.5 Å². The molecule has 1 saturated heterocycles. The Labute approximate surface area is 84.0 Å². The van der Waals surface area contributed by atoms with Gasteiger partial charge in [-0.2, -0.15) is 11.8 Å². The van der Waals surface area contributed by atoms with Crippen LogP contribution in [0.4, 0.5) is 0 Å². The van der Waals surface area contributed by atoms with E-state index in [1.165, 1.54) is 24.3 Å². The first-order chi connectivity index (χ1) is 6.47. The Kier molecular flexibility index (Phi) is 3.35. The summed E-state index contributed by atoms with van der Waals surface area (Å²) in [5.41, 5.74) is 0. The van der Waals surface area contributed by atoms with E-state index in [0.29, 0.717) is 0 Å². The van der Waals surface area contributed by atoms with Gasteiger partial charge in [0.2, 0.25) is 0 Å². The van der Waals surface area contributed by atoms with Gasteiger partial charge in [-0.15, -0.1) is 0 Å². The highest BCUT2D eigenvalue weighted by atomic mass is 32.2. The Bertz CT molecular complexity index is 187. The molecule has 0 aromatic carbocycles. The molecule has 13 heavy (non-hydrogen) atoms. The normalized spacial score (nSPS) is 24.6. The third kappa shape index (κ3) is 2.53. The highest BCUT2D eigenvalue weighted by molar-refractivity contribution is 7.99. The molecule has 1 fully saturated rings. The zero-order valence-corrected chi connectivity index (χ0v) is 8.78. The maximum absolute atomic E-state index is 4.57. The summed E-state index contributed by atoms with van der Waals surface area (Å²) in [6.45, 7) is 4.43. The van der Waals surface area contributed by atoms with Gasteiger partial charge < -0.3 is 10.2 Å². The van der Waals surface area contributed by atoms with Gasteiger partial charge >= 0.3 is 0 Å². The second-order valence-corrected chi connectivity index (χ2v) is 4.66. The van der Waals surface area contributed by atoms with Gasteiger partial charge in [0.25, 0.3) is 0 Å². The first-order valence-corrected chi connectivity index (χ1v) is 6.23. The molecule has 2 heterocycles. The minimum absolute atomic E-state index is 1.01. The summed E-state index contributed by atoms with van der Waals surface area (Å²) < 4.78 is 0. The highest BCUT2D eigenvalue weighted by Crippen LogP contribution is 2.09. The first-order valence-electron chi connectivity index (χ1n) is 5.08. The number of rotatable bonds is 0. The highest BCUT2D eigenvalue weighted by Gasteiger charge is 2.15. The summed E-state index contributed by atoms with van der Waals surface area (Å²) >= 11 is 2.04. The fourth-order valence-corrected chi connectivity index (χ4v) is 2.57. The quantitative estimate of drug-likeness (QED) is 0.624. The van der Waals surface area contributed by atoms with Crippen molar-refractivity contribution in [2.45, 2.75) is 12.8 Å². The molecule has 0 aromatic rings. The van der Waals surface area contributed by atoms with E-state index in [1.54, 1.807) is 0 Å². The van der Waals surface area contributed by atoms with Crippen LogP contribution in [0.2, 0.25) is 0 Å². The van der Waals surface area contributed by atoms with Crippen LogP contribution in [0.15, 0.2) is 4.99 Å². The average molecular weight is 199 g/mol. The number of hydrogen-bond donors (Lipinski definition) is 1. The summed E-state index contributed by atoms with van der Waals surface area (Å²) in [4.78, 5) is 6.96. The van der Waals surface area contributed by atoms with E-state index >= 15 is 0 Å². The van der Waals surface area contributed by atoms with Gasteiger partial charge in [-0.3, -0.25) is 4.99 Å². The molecule has 0 unspecified atom stereocenters. The summed E-state index contributed by atoms with van der Waals surface area (Å²) in [5.74, 6) is 3.65. The number of aliphatic imine (C=N–C) groups is 1. The van der Waals surface area contributed by atoms with E-state index in [4.69, 9.17) is 0 Å². The predicted molar refractivity (Wildman–Crippen MR) is 58.4 cm³/mol. The molecule has 3 nitrogen and oxygen atoms in total. The zero-order valence-electron chi connectivity index (χ0n) is 7.96. The smallest absolute Gasteiger partial charge is 0.193 e. The monoisotopic (exact) mass is 199 g/mol. The van der Waals surface area contributed by atoms with Gasteiger partial charge in [0.1, 0.15) is 0 Å². The van der Waals surface area contributed by atoms with Crippen molar-refractivity contribution in [2.24, 2.45) is 4.99 Å². The Balaban J connectivity index is 1.92. The predicted octanol–water partition coefficient (Wildman–Crippen LogP) is 0.775. The van der Waals surface area contributed by atoms with Crippen LogP contribution in [-0.2, 0) is 0 Å². The molecule has 1 N–H and O–H groups in total. The summed E-state index contributed by atoms with van der Waals surface area (Å²) in [5, 5.41) is 3.42. The van der Waals surface area contributed by atoms with Gasteiger partial charge in [0.15, 0.2) is 5.96 Å². The molecule has 0 bridgehead atoms. The summed E-state index contributed by atoms with van der Waals surface area (Å²) in [6.07, 6.45) is 2.49. The molecular weight excluding hydrogens is 182 g/mol. The van der Waals surface area contributed by atoms with Gasteiger partial charge in [0.05, 0.1) is 0 Å². The van der Waals surface area contributed by atoms with Crippen LogP contribution in [0.25, 0.3) is 0 Å². The molecule has 0 spiro atoms. The van der Waals surface area contributed by atoms with Crippen molar-refractivity contribution in [3.8, 4) is 0 Å². The van der Waals surface area contributed by atoms with Crippen LogP contribution in [0.3, 0.4) is 0 Å². The lowest BCUT2D eigenvalue weighted by molar-refractivity contribution is 0.445. The minimum atomic E-state index is 1.01. The number of guanidine groups is 1. The average Bonchev–Trinajstić information content (AvgIpc) is 2.47. The molecule has 0 saturated carbocycles. The fourth-order valence-electron chi connectivity index (χ4n) is 1.66. The van der Waals surface area contributed by atoms with Crippen molar-refractivity contribution in [3.05, 3.63) is 0 Å². The molecule has 2 aliphatic rings. The summed E-state index contributed by atoms with van der Waals surface area (Å²) in [6, 6.07) is 0. The van der Waals surface area contributed by atoms with Gasteiger partial charge in [-0.05, 0) is 12.8 Å². The van der Waals surface area contributed by atoms with Crippen molar-refractivity contribution in [1.29, 1.82) is 0 Å². The van der Waals surface area contributed by atoms with Gasteiger partial charge in [0, 0.05) is 37.7 Å². The Morgan fingerprint density at radius 2 is 2.08 bits per heavy atom. The molecular formula is C9H17N3S. The number of nitrogens with one attached hydrogen (secondary N) is 1. The van der Waals surface area contributed by atoms with Crippen molar-refractivity contribution < 1.29 is 0 Å². The Hall–Kier alpha value is -0.380. The largest absolute Gasteiger partial charge is 0.356 e. The molecule has 74 valence electrons. The molecule has 0 aromatic heterocycles. The van der Waals surface area contributed by atoms with Crippen molar-refractivity contribution in [3.63, 3.8) is 0 Å². The second kappa shape index (κ2) is 4.74. The van der Waals surface area contributed by atoms with Crippen LogP contribution in [0.5, 0.6) is 0 Å². The Morgan fingerprint density at radius 3 is 2.92 bits per heavy atom. The SMILES string of the molecule is C1CCNC(N2CCSCC2)=NC1. The van der Waals surface area contributed by atoms with E-state index in [-0.39, 0.29) is 0 Å². The van der Waals surface area contributed by atoms with E-state index in [0.717, 1.165) is 32.1 Å². The van der Waals surface area contributed by atoms with Gasteiger partial charge in [-0.25, -0.2) is 0 Å². The van der Waals surface area contributed by atoms with Crippen LogP contribution in [0, 0.1) is 0 Å². The van der Waals surface area contributed by atoms with Crippen molar-refractivity contribution >= 4 is 17.7 Å². The molecule has 2 aliphatic heterocycles. The van der Waals surface area contributed by atoms with E-state index in [9.17, 15) is 0 Å². The first kappa shape index (κ1) is 9.19. The lowest BCUT2D eigenvalue weighted by Crippen LogP contribution is -2.45. The minimum Gasteiger partial charge on any atom is -0.356 e. The van der Waals surface area contributed by atoms with Gasteiger partial charge in [-0.1, -0.05) is 0 Å². The van der Waals surface area contributed by atoms with Crippen LogP contribution in [0.1, 0.15) is 12.8 Å².